The van der Waals surface area contributed by atoms with Gasteiger partial charge in [0.1, 0.15) is 5.76 Å². The zero-order chi connectivity index (χ0) is 13.5. The van der Waals surface area contributed by atoms with E-state index in [1.807, 2.05) is 30.0 Å². The van der Waals surface area contributed by atoms with Crippen molar-refractivity contribution in [3.8, 4) is 0 Å². The van der Waals surface area contributed by atoms with E-state index in [9.17, 15) is 0 Å². The van der Waals surface area contributed by atoms with Crippen LogP contribution in [0.3, 0.4) is 0 Å². The molecule has 0 aromatic heterocycles. The largest absolute Gasteiger partial charge is 0.497 e. The first-order chi connectivity index (χ1) is 9.29. The molecule has 1 N–H and O–H groups in total. The van der Waals surface area contributed by atoms with E-state index in [2.05, 4.69) is 24.4 Å². The molecule has 0 radical (unpaired) electrons. The second kappa shape index (κ2) is 7.83. The standard InChI is InChI=1S/C15H20ClNOS/c1-2-17-14(15-8-3-4-9-18-15)11-19-13-7-5-6-12(16)10-13/h5-8,10,14,17H,2-4,9,11H2,1H3. The lowest BCUT2D eigenvalue weighted by molar-refractivity contribution is 0.172. The summed E-state index contributed by atoms with van der Waals surface area (Å²) >= 11 is 7.81. The Morgan fingerprint density at radius 3 is 3.05 bits per heavy atom. The average Bonchev–Trinajstić information content (AvgIpc) is 2.44. The van der Waals surface area contributed by atoms with E-state index in [1.165, 1.54) is 4.90 Å². The summed E-state index contributed by atoms with van der Waals surface area (Å²) in [6, 6.07) is 8.28. The highest BCUT2D eigenvalue weighted by Crippen LogP contribution is 2.25. The number of rotatable bonds is 6. The lowest BCUT2D eigenvalue weighted by atomic mass is 10.1. The highest BCUT2D eigenvalue weighted by Gasteiger charge is 2.17. The summed E-state index contributed by atoms with van der Waals surface area (Å²) in [5.74, 6) is 2.06. The number of halogens is 1. The molecule has 1 unspecified atom stereocenters. The highest BCUT2D eigenvalue weighted by molar-refractivity contribution is 7.99. The Morgan fingerprint density at radius 1 is 1.47 bits per heavy atom. The van der Waals surface area contributed by atoms with Gasteiger partial charge in [0, 0.05) is 15.7 Å². The van der Waals surface area contributed by atoms with E-state index in [-0.39, 0.29) is 6.04 Å². The molecule has 1 heterocycles. The monoisotopic (exact) mass is 297 g/mol. The molecule has 104 valence electrons. The molecule has 2 rings (SSSR count). The third-order valence-corrected chi connectivity index (χ3v) is 4.29. The molecule has 2 nitrogen and oxygen atoms in total. The maximum absolute atomic E-state index is 6.00. The number of thioether (sulfide) groups is 1. The van der Waals surface area contributed by atoms with Crippen molar-refractivity contribution < 1.29 is 4.74 Å². The number of hydrogen-bond acceptors (Lipinski definition) is 3. The van der Waals surface area contributed by atoms with Crippen molar-refractivity contribution in [2.24, 2.45) is 0 Å². The summed E-state index contributed by atoms with van der Waals surface area (Å²) in [6.45, 7) is 3.91. The Morgan fingerprint density at radius 2 is 2.37 bits per heavy atom. The van der Waals surface area contributed by atoms with Crippen LogP contribution in [0.15, 0.2) is 41.0 Å². The van der Waals surface area contributed by atoms with Crippen molar-refractivity contribution >= 4 is 23.4 Å². The second-order valence-electron chi connectivity index (χ2n) is 4.48. The number of hydrogen-bond donors (Lipinski definition) is 1. The fraction of sp³-hybridized carbons (Fsp3) is 0.467. The summed E-state index contributed by atoms with van der Waals surface area (Å²) in [5, 5.41) is 4.28. The Labute approximate surface area is 124 Å². The SMILES string of the molecule is CCNC(CSc1cccc(Cl)c1)C1=CCCCO1. The van der Waals surface area contributed by atoms with Crippen molar-refractivity contribution in [3.05, 3.63) is 41.1 Å². The molecule has 1 aliphatic rings. The van der Waals surface area contributed by atoms with Gasteiger partial charge in [-0.2, -0.15) is 0 Å². The molecule has 19 heavy (non-hydrogen) atoms. The van der Waals surface area contributed by atoms with Crippen molar-refractivity contribution in [2.45, 2.75) is 30.7 Å². The molecule has 1 aromatic carbocycles. The molecule has 4 heteroatoms. The van der Waals surface area contributed by atoms with E-state index < -0.39 is 0 Å². The molecule has 1 atom stereocenters. The average molecular weight is 298 g/mol. The van der Waals surface area contributed by atoms with Crippen molar-refractivity contribution in [3.63, 3.8) is 0 Å². The molecule has 0 aliphatic carbocycles. The maximum Gasteiger partial charge on any atom is 0.110 e. The van der Waals surface area contributed by atoms with E-state index in [0.717, 1.165) is 42.5 Å². The van der Waals surface area contributed by atoms with Crippen molar-refractivity contribution in [1.29, 1.82) is 0 Å². The van der Waals surface area contributed by atoms with Gasteiger partial charge in [-0.15, -0.1) is 11.8 Å². The third-order valence-electron chi connectivity index (χ3n) is 2.97. The summed E-state index contributed by atoms with van der Waals surface area (Å²) in [5.41, 5.74) is 0. The molecule has 0 saturated heterocycles. The minimum absolute atomic E-state index is 0.286. The lowest BCUT2D eigenvalue weighted by Crippen LogP contribution is -2.34. The van der Waals surface area contributed by atoms with E-state index in [4.69, 9.17) is 16.3 Å². The molecular weight excluding hydrogens is 278 g/mol. The first-order valence-electron chi connectivity index (χ1n) is 6.74. The number of benzene rings is 1. The van der Waals surface area contributed by atoms with E-state index in [0.29, 0.717) is 0 Å². The third kappa shape index (κ3) is 4.75. The van der Waals surface area contributed by atoms with Gasteiger partial charge in [-0.1, -0.05) is 24.6 Å². The molecule has 0 amide bonds. The van der Waals surface area contributed by atoms with Crippen LogP contribution in [0, 0.1) is 0 Å². The fourth-order valence-corrected chi connectivity index (χ4v) is 3.33. The van der Waals surface area contributed by atoms with Gasteiger partial charge < -0.3 is 10.1 Å². The van der Waals surface area contributed by atoms with Gasteiger partial charge in [-0.3, -0.25) is 0 Å². The minimum atomic E-state index is 0.286. The molecule has 0 saturated carbocycles. The molecule has 0 spiro atoms. The van der Waals surface area contributed by atoms with Crippen LogP contribution in [-0.4, -0.2) is 24.9 Å². The topological polar surface area (TPSA) is 21.3 Å². The zero-order valence-electron chi connectivity index (χ0n) is 11.2. The van der Waals surface area contributed by atoms with Crippen molar-refractivity contribution in [1.82, 2.24) is 5.32 Å². The number of likely N-dealkylation sites (N-methyl/N-ethyl adjacent to an activating group) is 1. The van der Waals surface area contributed by atoms with Crippen LogP contribution in [0.1, 0.15) is 19.8 Å². The molecule has 0 fully saturated rings. The summed E-state index contributed by atoms with van der Waals surface area (Å²) in [7, 11) is 0. The zero-order valence-corrected chi connectivity index (χ0v) is 12.8. The Hall–Kier alpha value is -0.640. The lowest BCUT2D eigenvalue weighted by Gasteiger charge is -2.24. The number of nitrogens with one attached hydrogen (secondary N) is 1. The molecular formula is C15H20ClNOS. The van der Waals surface area contributed by atoms with Crippen LogP contribution in [0.2, 0.25) is 5.02 Å². The van der Waals surface area contributed by atoms with Gasteiger partial charge in [0.15, 0.2) is 0 Å². The van der Waals surface area contributed by atoms with Gasteiger partial charge in [0.25, 0.3) is 0 Å². The molecule has 0 bridgehead atoms. The summed E-state index contributed by atoms with van der Waals surface area (Å²) < 4.78 is 5.76. The second-order valence-corrected chi connectivity index (χ2v) is 6.01. The van der Waals surface area contributed by atoms with Gasteiger partial charge in [0.05, 0.1) is 12.6 Å². The predicted octanol–water partition coefficient (Wildman–Crippen LogP) is 4.10. The first kappa shape index (κ1) is 14.8. The quantitative estimate of drug-likeness (QED) is 0.799. The first-order valence-corrected chi connectivity index (χ1v) is 8.10. The van der Waals surface area contributed by atoms with Crippen LogP contribution in [0.4, 0.5) is 0 Å². The molecule has 1 aliphatic heterocycles. The Bertz CT molecular complexity index is 436. The van der Waals surface area contributed by atoms with Crippen LogP contribution in [-0.2, 0) is 4.74 Å². The highest BCUT2D eigenvalue weighted by atomic mass is 35.5. The van der Waals surface area contributed by atoms with Crippen LogP contribution < -0.4 is 5.32 Å². The van der Waals surface area contributed by atoms with Gasteiger partial charge in [-0.25, -0.2) is 0 Å². The van der Waals surface area contributed by atoms with Crippen LogP contribution >= 0.6 is 23.4 Å². The smallest absolute Gasteiger partial charge is 0.110 e. The van der Waals surface area contributed by atoms with Gasteiger partial charge in [-0.05, 0) is 43.7 Å². The number of allylic oxidation sites excluding steroid dienone is 1. The fourth-order valence-electron chi connectivity index (χ4n) is 2.04. The Kier molecular flexibility index (Phi) is 6.08. The molecule has 1 aromatic rings. The predicted molar refractivity (Wildman–Crippen MR) is 82.9 cm³/mol. The summed E-state index contributed by atoms with van der Waals surface area (Å²) in [6.07, 6.45) is 4.47. The van der Waals surface area contributed by atoms with Crippen molar-refractivity contribution in [2.75, 3.05) is 18.9 Å². The summed E-state index contributed by atoms with van der Waals surface area (Å²) in [4.78, 5) is 1.20. The van der Waals surface area contributed by atoms with Gasteiger partial charge in [0.2, 0.25) is 0 Å². The normalized spacial score (nSPS) is 16.6. The maximum atomic E-state index is 6.00. The van der Waals surface area contributed by atoms with Crippen LogP contribution in [0.25, 0.3) is 0 Å². The Balaban J connectivity index is 1.95. The van der Waals surface area contributed by atoms with Gasteiger partial charge >= 0.3 is 0 Å². The van der Waals surface area contributed by atoms with Crippen LogP contribution in [0.5, 0.6) is 0 Å². The minimum Gasteiger partial charge on any atom is -0.497 e. The van der Waals surface area contributed by atoms with E-state index in [1.54, 1.807) is 0 Å². The van der Waals surface area contributed by atoms with E-state index >= 15 is 0 Å². The number of ether oxygens (including phenoxy) is 1.